The Balaban J connectivity index is 1.23. The monoisotopic (exact) mass is 441 g/mol. The van der Waals surface area contributed by atoms with Gasteiger partial charge in [-0.25, -0.2) is 0 Å². The SMILES string of the molecule is C[C@H]1C[C@H]2O[C@]3(CCC45CC3(C)C4C[C@H]3[C@H]5CC=C4C[C@@H](O)CC[C@@]43C)[C@H](C)[C@@H]2N(O)C1. The fraction of sp³-hybridized carbons (Fsp3) is 0.929. The molecule has 7 fully saturated rings. The molecule has 0 aromatic heterocycles. The van der Waals surface area contributed by atoms with Crippen LogP contribution in [0.1, 0.15) is 85.5 Å². The van der Waals surface area contributed by atoms with Crippen LogP contribution in [-0.4, -0.2) is 45.8 Å². The first-order chi connectivity index (χ1) is 15.1. The molecule has 3 unspecified atom stereocenters. The molecule has 0 amide bonds. The molecule has 4 nitrogen and oxygen atoms in total. The summed E-state index contributed by atoms with van der Waals surface area (Å²) in [5.74, 6) is 3.27. The van der Waals surface area contributed by atoms with E-state index in [-0.39, 0.29) is 29.3 Å². The average Bonchev–Trinajstić information content (AvgIpc) is 3.17. The maximum atomic E-state index is 10.9. The first kappa shape index (κ1) is 20.9. The van der Waals surface area contributed by atoms with Crippen LogP contribution in [0.15, 0.2) is 11.6 Å². The predicted octanol–water partition coefficient (Wildman–Crippen LogP) is 5.18. The van der Waals surface area contributed by atoms with Gasteiger partial charge in [-0.2, -0.15) is 5.06 Å². The lowest BCUT2D eigenvalue weighted by atomic mass is 9.33. The quantitative estimate of drug-likeness (QED) is 0.509. The summed E-state index contributed by atoms with van der Waals surface area (Å²) in [6.07, 6.45) is 13.2. The molecule has 2 heterocycles. The summed E-state index contributed by atoms with van der Waals surface area (Å²) in [5.41, 5.74) is 2.58. The summed E-state index contributed by atoms with van der Waals surface area (Å²) >= 11 is 0. The van der Waals surface area contributed by atoms with Crippen LogP contribution in [0.4, 0.5) is 0 Å². The van der Waals surface area contributed by atoms with Gasteiger partial charge in [-0.3, -0.25) is 0 Å². The van der Waals surface area contributed by atoms with Crippen molar-refractivity contribution in [2.75, 3.05) is 6.54 Å². The van der Waals surface area contributed by atoms with Crippen LogP contribution in [-0.2, 0) is 4.74 Å². The number of allylic oxidation sites excluding steroid dienone is 1. The molecule has 8 aliphatic rings. The molecule has 0 aromatic carbocycles. The van der Waals surface area contributed by atoms with E-state index in [0.717, 1.165) is 43.6 Å². The number of hydrogen-bond donors (Lipinski definition) is 2. The van der Waals surface area contributed by atoms with Crippen molar-refractivity contribution in [1.82, 2.24) is 5.06 Å². The van der Waals surface area contributed by atoms with Gasteiger partial charge in [-0.15, -0.1) is 0 Å². The van der Waals surface area contributed by atoms with E-state index < -0.39 is 0 Å². The van der Waals surface area contributed by atoms with Crippen LogP contribution in [0.25, 0.3) is 0 Å². The third-order valence-corrected chi connectivity index (χ3v) is 12.9. The number of piperidine rings is 1. The molecule has 5 saturated carbocycles. The summed E-state index contributed by atoms with van der Waals surface area (Å²) in [4.78, 5) is 0. The van der Waals surface area contributed by atoms with Gasteiger partial charge in [0.15, 0.2) is 0 Å². The van der Waals surface area contributed by atoms with Crippen molar-refractivity contribution in [3.8, 4) is 0 Å². The summed E-state index contributed by atoms with van der Waals surface area (Å²) in [7, 11) is 0. The standard InChI is InChI=1S/C28H43NO3/c1-16-11-22-24(29(31)14-16)17(2)28(32-22)10-9-27-15-26(28,4)23(27)13-21-20(27)6-5-18-12-19(30)7-8-25(18,21)3/h5,16-17,19-24,30-31H,6-15H2,1-4H3/t16-,17+,19-,20+,21-,22+,23?,24-,25-,26?,27?,28+/m0/s1. The summed E-state index contributed by atoms with van der Waals surface area (Å²) in [6.45, 7) is 10.6. The minimum Gasteiger partial charge on any atom is -0.393 e. The highest BCUT2D eigenvalue weighted by Crippen LogP contribution is 2.84. The summed E-state index contributed by atoms with van der Waals surface area (Å²) < 4.78 is 7.16. The van der Waals surface area contributed by atoms with Gasteiger partial charge >= 0.3 is 0 Å². The number of aliphatic hydroxyl groups excluding tert-OH is 1. The molecule has 0 radical (unpaired) electrons. The van der Waals surface area contributed by atoms with Crippen LogP contribution in [0.5, 0.6) is 0 Å². The number of nitrogens with zero attached hydrogens (tertiary/aromatic N) is 1. The third-order valence-electron chi connectivity index (χ3n) is 12.9. The van der Waals surface area contributed by atoms with Gasteiger partial charge in [-0.1, -0.05) is 39.3 Å². The smallest absolute Gasteiger partial charge is 0.0785 e. The van der Waals surface area contributed by atoms with E-state index >= 15 is 0 Å². The fourth-order valence-corrected chi connectivity index (χ4v) is 11.6. The van der Waals surface area contributed by atoms with Crippen LogP contribution in [0, 0.1) is 45.8 Å². The molecule has 2 N–H and O–H groups in total. The van der Waals surface area contributed by atoms with Gasteiger partial charge in [0.05, 0.1) is 23.9 Å². The van der Waals surface area contributed by atoms with E-state index in [2.05, 4.69) is 33.8 Å². The highest BCUT2D eigenvalue weighted by Gasteiger charge is 2.81. The van der Waals surface area contributed by atoms with Gasteiger partial charge in [0.25, 0.3) is 0 Å². The van der Waals surface area contributed by atoms with Crippen molar-refractivity contribution in [3.63, 3.8) is 0 Å². The molecule has 2 bridgehead atoms. The maximum Gasteiger partial charge on any atom is 0.0785 e. The molecule has 0 aromatic rings. The van der Waals surface area contributed by atoms with Crippen molar-refractivity contribution in [3.05, 3.63) is 11.6 Å². The zero-order chi connectivity index (χ0) is 22.3. The van der Waals surface area contributed by atoms with Crippen LogP contribution in [0.2, 0.25) is 0 Å². The first-order valence-electron chi connectivity index (χ1n) is 13.7. The van der Waals surface area contributed by atoms with Crippen molar-refractivity contribution >= 4 is 0 Å². The number of hydroxylamine groups is 2. The molecule has 8 rings (SSSR count). The Morgan fingerprint density at radius 2 is 1.91 bits per heavy atom. The molecule has 12 atom stereocenters. The topological polar surface area (TPSA) is 52.9 Å². The van der Waals surface area contributed by atoms with Crippen molar-refractivity contribution in [2.45, 2.75) is 109 Å². The molecule has 2 aliphatic heterocycles. The second kappa shape index (κ2) is 6.22. The number of fused-ring (bicyclic) bond motifs is 5. The van der Waals surface area contributed by atoms with E-state index in [1.165, 1.54) is 38.5 Å². The Labute approximate surface area is 193 Å². The van der Waals surface area contributed by atoms with Crippen molar-refractivity contribution in [2.24, 2.45) is 45.8 Å². The lowest BCUT2D eigenvalue weighted by Gasteiger charge is -2.73. The normalized spacial score (nSPS) is 63.1. The molecule has 178 valence electrons. The second-order valence-electron chi connectivity index (χ2n) is 13.9. The van der Waals surface area contributed by atoms with Crippen molar-refractivity contribution < 1.29 is 15.1 Å². The maximum absolute atomic E-state index is 10.9. The minimum absolute atomic E-state index is 0.0623. The zero-order valence-electron chi connectivity index (χ0n) is 20.5. The number of hydrogen-bond acceptors (Lipinski definition) is 4. The fourth-order valence-electron chi connectivity index (χ4n) is 11.6. The summed E-state index contributed by atoms with van der Waals surface area (Å²) in [5, 5.41) is 22.9. The van der Waals surface area contributed by atoms with Gasteiger partial charge in [0.1, 0.15) is 0 Å². The lowest BCUT2D eigenvalue weighted by Crippen LogP contribution is -2.71. The predicted molar refractivity (Wildman–Crippen MR) is 123 cm³/mol. The Morgan fingerprint density at radius 1 is 1.09 bits per heavy atom. The second-order valence-corrected chi connectivity index (χ2v) is 13.9. The molecular weight excluding hydrogens is 398 g/mol. The van der Waals surface area contributed by atoms with E-state index in [1.807, 2.05) is 0 Å². The highest BCUT2D eigenvalue weighted by molar-refractivity contribution is 5.34. The molecular formula is C28H43NO3. The number of ether oxygens (including phenoxy) is 1. The Hall–Kier alpha value is -0.420. The molecule has 4 heteroatoms. The first-order valence-corrected chi connectivity index (χ1v) is 13.7. The molecule has 2 saturated heterocycles. The van der Waals surface area contributed by atoms with E-state index in [1.54, 1.807) is 10.6 Å². The minimum atomic E-state index is -0.123. The van der Waals surface area contributed by atoms with E-state index in [9.17, 15) is 10.3 Å². The lowest BCUT2D eigenvalue weighted by molar-refractivity contribution is -0.294. The highest BCUT2D eigenvalue weighted by atomic mass is 16.5. The van der Waals surface area contributed by atoms with Crippen LogP contribution >= 0.6 is 0 Å². The third kappa shape index (κ3) is 2.17. The van der Waals surface area contributed by atoms with Gasteiger partial charge < -0.3 is 15.1 Å². The van der Waals surface area contributed by atoms with Crippen LogP contribution < -0.4 is 0 Å². The summed E-state index contributed by atoms with van der Waals surface area (Å²) in [6, 6.07) is 0.172. The Kier molecular flexibility index (Phi) is 4.07. The van der Waals surface area contributed by atoms with Gasteiger partial charge in [0.2, 0.25) is 0 Å². The van der Waals surface area contributed by atoms with E-state index in [4.69, 9.17) is 4.74 Å². The van der Waals surface area contributed by atoms with Gasteiger partial charge in [-0.05, 0) is 92.3 Å². The zero-order valence-corrected chi connectivity index (χ0v) is 20.5. The number of rotatable bonds is 0. The largest absolute Gasteiger partial charge is 0.393 e. The molecule has 6 aliphatic carbocycles. The molecule has 2 spiro atoms. The number of aliphatic hydroxyl groups is 1. The van der Waals surface area contributed by atoms with E-state index in [0.29, 0.717) is 22.7 Å². The van der Waals surface area contributed by atoms with Crippen LogP contribution in [0.3, 0.4) is 0 Å². The van der Waals surface area contributed by atoms with Crippen molar-refractivity contribution in [1.29, 1.82) is 0 Å². The molecule has 32 heavy (non-hydrogen) atoms. The van der Waals surface area contributed by atoms with Gasteiger partial charge in [0, 0.05) is 17.9 Å². The Bertz CT molecular complexity index is 873. The average molecular weight is 442 g/mol. The Morgan fingerprint density at radius 3 is 2.72 bits per heavy atom.